The zero-order chi connectivity index (χ0) is 20.2. The molecule has 6 heteroatoms. The highest BCUT2D eigenvalue weighted by molar-refractivity contribution is 6.30. The van der Waals surface area contributed by atoms with Crippen molar-refractivity contribution in [1.82, 2.24) is 4.90 Å². The smallest absolute Gasteiger partial charge is 0.336 e. The third-order valence-corrected chi connectivity index (χ3v) is 5.59. The van der Waals surface area contributed by atoms with Crippen molar-refractivity contribution in [2.24, 2.45) is 0 Å². The molecule has 0 unspecified atom stereocenters. The molecule has 0 aliphatic carbocycles. The molecule has 1 aliphatic rings. The topological polar surface area (TPSA) is 45.9 Å². The van der Waals surface area contributed by atoms with Crippen LogP contribution >= 0.6 is 11.6 Å². The Morgan fingerprint density at radius 2 is 1.90 bits per heavy atom. The largest absolute Gasteiger partial charge is 0.493 e. The standard InChI is InChI=1S/C23H25ClN2O3/c1-17-14-23(27)29-22-16-20(6-7-21(17)22)28-13-3-8-25-9-11-26(12-10-25)19-5-2-4-18(24)15-19/h2,4-7,14-16H,3,8-13H2,1H3. The highest BCUT2D eigenvalue weighted by atomic mass is 35.5. The van der Waals surface area contributed by atoms with E-state index in [1.54, 1.807) is 6.07 Å². The molecule has 0 N–H and O–H groups in total. The lowest BCUT2D eigenvalue weighted by Gasteiger charge is -2.36. The van der Waals surface area contributed by atoms with E-state index in [1.165, 1.54) is 11.8 Å². The number of piperazine rings is 1. The van der Waals surface area contributed by atoms with Gasteiger partial charge in [-0.2, -0.15) is 0 Å². The van der Waals surface area contributed by atoms with Crippen LogP contribution in [0.4, 0.5) is 5.69 Å². The molecule has 0 atom stereocenters. The minimum absolute atomic E-state index is 0.330. The van der Waals surface area contributed by atoms with E-state index in [1.807, 2.05) is 37.3 Å². The molecular weight excluding hydrogens is 388 g/mol. The van der Waals surface area contributed by atoms with Gasteiger partial charge < -0.3 is 14.1 Å². The zero-order valence-corrected chi connectivity index (χ0v) is 17.3. The van der Waals surface area contributed by atoms with Crippen LogP contribution in [0.1, 0.15) is 12.0 Å². The summed E-state index contributed by atoms with van der Waals surface area (Å²) in [5.74, 6) is 0.733. The van der Waals surface area contributed by atoms with Crippen LogP contribution in [0, 0.1) is 6.92 Å². The van der Waals surface area contributed by atoms with Gasteiger partial charge in [0.2, 0.25) is 0 Å². The van der Waals surface area contributed by atoms with Gasteiger partial charge in [-0.25, -0.2) is 4.79 Å². The van der Waals surface area contributed by atoms with Gasteiger partial charge in [0.15, 0.2) is 0 Å². The van der Waals surface area contributed by atoms with Crippen molar-refractivity contribution in [3.05, 3.63) is 69.5 Å². The number of benzene rings is 2. The lowest BCUT2D eigenvalue weighted by Crippen LogP contribution is -2.46. The summed E-state index contributed by atoms with van der Waals surface area (Å²) in [6, 6.07) is 15.2. The Morgan fingerprint density at radius 1 is 1.07 bits per heavy atom. The average molecular weight is 413 g/mol. The summed E-state index contributed by atoms with van der Waals surface area (Å²) in [5, 5.41) is 1.72. The van der Waals surface area contributed by atoms with Crippen LogP contribution < -0.4 is 15.3 Å². The molecule has 5 nitrogen and oxygen atoms in total. The first-order valence-electron chi connectivity index (χ1n) is 9.99. The first kappa shape index (κ1) is 19.8. The number of hydrogen-bond donors (Lipinski definition) is 0. The lowest BCUT2D eigenvalue weighted by molar-refractivity contribution is 0.225. The van der Waals surface area contributed by atoms with Crippen LogP contribution in [0.15, 0.2) is 57.7 Å². The number of ether oxygens (including phenoxy) is 1. The molecule has 1 aliphatic heterocycles. The Labute approximate surface area is 175 Å². The maximum Gasteiger partial charge on any atom is 0.336 e. The molecule has 1 fully saturated rings. The normalized spacial score (nSPS) is 15.0. The van der Waals surface area contributed by atoms with Crippen LogP contribution in [0.25, 0.3) is 11.0 Å². The maximum absolute atomic E-state index is 11.6. The van der Waals surface area contributed by atoms with Crippen molar-refractivity contribution >= 4 is 28.3 Å². The van der Waals surface area contributed by atoms with Gasteiger partial charge in [0.05, 0.1) is 6.61 Å². The van der Waals surface area contributed by atoms with Gasteiger partial charge in [0.1, 0.15) is 11.3 Å². The number of halogens is 1. The average Bonchev–Trinajstić information content (AvgIpc) is 2.71. The molecule has 4 rings (SSSR count). The van der Waals surface area contributed by atoms with Crippen molar-refractivity contribution in [2.45, 2.75) is 13.3 Å². The van der Waals surface area contributed by atoms with E-state index in [0.29, 0.717) is 12.2 Å². The lowest BCUT2D eigenvalue weighted by atomic mass is 10.1. The Kier molecular flexibility index (Phi) is 6.07. The van der Waals surface area contributed by atoms with E-state index >= 15 is 0 Å². The quantitative estimate of drug-likeness (QED) is 0.445. The van der Waals surface area contributed by atoms with E-state index in [0.717, 1.165) is 60.9 Å². The Hall–Kier alpha value is -2.50. The SMILES string of the molecule is Cc1cc(=O)oc2cc(OCCCN3CCN(c4cccc(Cl)c4)CC3)ccc12. The van der Waals surface area contributed by atoms with Gasteiger partial charge >= 0.3 is 5.63 Å². The van der Waals surface area contributed by atoms with Gasteiger partial charge in [-0.15, -0.1) is 0 Å². The number of rotatable bonds is 6. The summed E-state index contributed by atoms with van der Waals surface area (Å²) < 4.78 is 11.2. The summed E-state index contributed by atoms with van der Waals surface area (Å²) in [5.41, 5.74) is 2.35. The van der Waals surface area contributed by atoms with E-state index in [4.69, 9.17) is 20.8 Å². The van der Waals surface area contributed by atoms with Crippen molar-refractivity contribution in [3.8, 4) is 5.75 Å². The van der Waals surface area contributed by atoms with Crippen molar-refractivity contribution in [2.75, 3.05) is 44.2 Å². The van der Waals surface area contributed by atoms with Gasteiger partial charge in [0, 0.05) is 61.0 Å². The molecule has 0 saturated carbocycles. The molecular formula is C23H25ClN2O3. The van der Waals surface area contributed by atoms with Gasteiger partial charge in [0.25, 0.3) is 0 Å². The summed E-state index contributed by atoms with van der Waals surface area (Å²) >= 11 is 6.10. The van der Waals surface area contributed by atoms with E-state index in [2.05, 4.69) is 15.9 Å². The molecule has 2 aromatic carbocycles. The number of aryl methyl sites for hydroxylation is 1. The van der Waals surface area contributed by atoms with E-state index < -0.39 is 0 Å². The molecule has 1 aromatic heterocycles. The monoisotopic (exact) mass is 412 g/mol. The zero-order valence-electron chi connectivity index (χ0n) is 16.6. The third kappa shape index (κ3) is 4.92. The second kappa shape index (κ2) is 8.89. The first-order valence-corrected chi connectivity index (χ1v) is 10.4. The second-order valence-electron chi connectivity index (χ2n) is 7.42. The van der Waals surface area contributed by atoms with E-state index in [-0.39, 0.29) is 5.63 Å². The number of hydrogen-bond acceptors (Lipinski definition) is 5. The van der Waals surface area contributed by atoms with Crippen molar-refractivity contribution in [3.63, 3.8) is 0 Å². The van der Waals surface area contributed by atoms with Gasteiger partial charge in [-0.1, -0.05) is 17.7 Å². The summed E-state index contributed by atoms with van der Waals surface area (Å²) in [6.07, 6.45) is 0.951. The van der Waals surface area contributed by atoms with Crippen LogP contribution in [-0.4, -0.2) is 44.2 Å². The molecule has 1 saturated heterocycles. The highest BCUT2D eigenvalue weighted by Crippen LogP contribution is 2.23. The highest BCUT2D eigenvalue weighted by Gasteiger charge is 2.17. The molecule has 2 heterocycles. The number of fused-ring (bicyclic) bond motifs is 1. The van der Waals surface area contributed by atoms with Gasteiger partial charge in [-0.05, 0) is 49.2 Å². The Morgan fingerprint density at radius 3 is 2.69 bits per heavy atom. The first-order chi connectivity index (χ1) is 14.1. The predicted octanol–water partition coefficient (Wildman–Crippen LogP) is 4.35. The molecule has 29 heavy (non-hydrogen) atoms. The van der Waals surface area contributed by atoms with E-state index in [9.17, 15) is 4.79 Å². The fourth-order valence-corrected chi connectivity index (χ4v) is 3.96. The van der Waals surface area contributed by atoms with Gasteiger partial charge in [-0.3, -0.25) is 4.90 Å². The van der Waals surface area contributed by atoms with Crippen LogP contribution in [0.3, 0.4) is 0 Å². The fraction of sp³-hybridized carbons (Fsp3) is 0.348. The summed E-state index contributed by atoms with van der Waals surface area (Å²) in [4.78, 5) is 16.4. The number of nitrogens with zero attached hydrogens (tertiary/aromatic N) is 2. The minimum atomic E-state index is -0.330. The molecule has 0 bridgehead atoms. The van der Waals surface area contributed by atoms with Crippen LogP contribution in [-0.2, 0) is 0 Å². The van der Waals surface area contributed by atoms with Crippen LogP contribution in [0.2, 0.25) is 5.02 Å². The Bertz CT molecular complexity index is 1040. The van der Waals surface area contributed by atoms with Crippen LogP contribution in [0.5, 0.6) is 5.75 Å². The Balaban J connectivity index is 1.23. The summed E-state index contributed by atoms with van der Waals surface area (Å²) in [7, 11) is 0. The molecule has 152 valence electrons. The predicted molar refractivity (Wildman–Crippen MR) is 117 cm³/mol. The molecule has 0 radical (unpaired) electrons. The molecule has 0 spiro atoms. The number of anilines is 1. The molecule has 0 amide bonds. The molecule has 3 aromatic rings. The fourth-order valence-electron chi connectivity index (χ4n) is 3.78. The maximum atomic E-state index is 11.6. The third-order valence-electron chi connectivity index (χ3n) is 5.36. The second-order valence-corrected chi connectivity index (χ2v) is 7.85. The summed E-state index contributed by atoms with van der Waals surface area (Å²) in [6.45, 7) is 7.63. The van der Waals surface area contributed by atoms with Crippen molar-refractivity contribution in [1.29, 1.82) is 0 Å². The minimum Gasteiger partial charge on any atom is -0.493 e. The van der Waals surface area contributed by atoms with Crippen molar-refractivity contribution < 1.29 is 9.15 Å².